The fraction of sp³-hybridized carbons (Fsp3) is 0.154. The second-order valence-corrected chi connectivity index (χ2v) is 4.26. The lowest BCUT2D eigenvalue weighted by molar-refractivity contribution is 0.490. The third-order valence-corrected chi connectivity index (χ3v) is 2.76. The average Bonchev–Trinajstić information content (AvgIpc) is 2.83. The Morgan fingerprint density at radius 1 is 1.29 bits per heavy atom. The van der Waals surface area contributed by atoms with Gasteiger partial charge in [0.05, 0.1) is 12.3 Å². The van der Waals surface area contributed by atoms with E-state index in [0.717, 1.165) is 17.0 Å². The molecule has 1 heterocycles. The van der Waals surface area contributed by atoms with Crippen molar-refractivity contribution in [3.05, 3.63) is 54.0 Å². The number of thiocarbonyl (C=S) groups is 1. The van der Waals surface area contributed by atoms with Crippen molar-refractivity contribution in [1.29, 1.82) is 0 Å². The summed E-state index contributed by atoms with van der Waals surface area (Å²) in [7, 11) is 0. The van der Waals surface area contributed by atoms with Crippen molar-refractivity contribution in [2.24, 2.45) is 5.73 Å². The third-order valence-electron chi connectivity index (χ3n) is 2.52. The van der Waals surface area contributed by atoms with Crippen LogP contribution in [0.25, 0.3) is 0 Å². The second kappa shape index (κ2) is 5.01. The molecule has 1 aromatic heterocycles. The summed E-state index contributed by atoms with van der Waals surface area (Å²) < 4.78 is 5.33. The Kier molecular flexibility index (Phi) is 3.44. The smallest absolute Gasteiger partial charge is 0.125 e. The highest BCUT2D eigenvalue weighted by molar-refractivity contribution is 7.80. The van der Waals surface area contributed by atoms with E-state index in [0.29, 0.717) is 4.99 Å². The molecule has 0 aliphatic rings. The predicted octanol–water partition coefficient (Wildman–Crippen LogP) is 3.09. The summed E-state index contributed by atoms with van der Waals surface area (Å²) in [5.74, 6) is 0.906. The molecule has 3 N–H and O–H groups in total. The minimum absolute atomic E-state index is 0.126. The maximum atomic E-state index is 5.54. The van der Waals surface area contributed by atoms with Gasteiger partial charge in [0.2, 0.25) is 0 Å². The first-order valence-electron chi connectivity index (χ1n) is 5.36. The zero-order chi connectivity index (χ0) is 12.3. The number of rotatable bonds is 4. The van der Waals surface area contributed by atoms with Crippen LogP contribution < -0.4 is 11.1 Å². The summed E-state index contributed by atoms with van der Waals surface area (Å²) >= 11 is 4.90. The molecule has 0 aliphatic carbocycles. The van der Waals surface area contributed by atoms with E-state index in [2.05, 4.69) is 5.32 Å². The van der Waals surface area contributed by atoms with Gasteiger partial charge in [0.25, 0.3) is 0 Å². The van der Waals surface area contributed by atoms with Crippen molar-refractivity contribution in [2.45, 2.75) is 13.0 Å². The van der Waals surface area contributed by atoms with Crippen molar-refractivity contribution in [3.8, 4) is 0 Å². The van der Waals surface area contributed by atoms with Crippen LogP contribution in [-0.4, -0.2) is 4.99 Å². The number of furan rings is 1. The van der Waals surface area contributed by atoms with Crippen LogP contribution in [0.2, 0.25) is 0 Å². The highest BCUT2D eigenvalue weighted by Gasteiger charge is 2.07. The van der Waals surface area contributed by atoms with Gasteiger partial charge in [-0.15, -0.1) is 0 Å². The lowest BCUT2D eigenvalue weighted by Gasteiger charge is -2.13. The molecule has 0 spiro atoms. The first-order chi connectivity index (χ1) is 8.16. The van der Waals surface area contributed by atoms with Crippen LogP contribution in [0.15, 0.2) is 47.1 Å². The molecule has 88 valence electrons. The summed E-state index contributed by atoms with van der Waals surface area (Å²) in [6.07, 6.45) is 1.67. The Labute approximate surface area is 106 Å². The molecule has 4 heteroatoms. The molecule has 0 saturated carbocycles. The Morgan fingerprint density at radius 3 is 2.53 bits per heavy atom. The molecule has 1 unspecified atom stereocenters. The van der Waals surface area contributed by atoms with Crippen molar-refractivity contribution in [1.82, 2.24) is 0 Å². The van der Waals surface area contributed by atoms with E-state index in [1.54, 1.807) is 6.26 Å². The van der Waals surface area contributed by atoms with Crippen LogP contribution in [0, 0.1) is 0 Å². The maximum Gasteiger partial charge on any atom is 0.125 e. The SMILES string of the molecule is CC(Nc1ccc(C(N)=S)cc1)c1ccco1. The molecule has 0 fully saturated rings. The Hall–Kier alpha value is -1.81. The quantitative estimate of drug-likeness (QED) is 0.814. The lowest BCUT2D eigenvalue weighted by atomic mass is 10.2. The normalized spacial score (nSPS) is 12.1. The number of benzene rings is 1. The van der Waals surface area contributed by atoms with Crippen LogP contribution in [-0.2, 0) is 0 Å². The minimum Gasteiger partial charge on any atom is -0.467 e. The van der Waals surface area contributed by atoms with Crippen molar-refractivity contribution in [3.63, 3.8) is 0 Å². The molecule has 2 rings (SSSR count). The van der Waals surface area contributed by atoms with Crippen molar-refractivity contribution in [2.75, 3.05) is 5.32 Å². The molecule has 3 nitrogen and oxygen atoms in total. The lowest BCUT2D eigenvalue weighted by Crippen LogP contribution is -2.10. The fourth-order valence-corrected chi connectivity index (χ4v) is 1.73. The minimum atomic E-state index is 0.126. The van der Waals surface area contributed by atoms with Crippen LogP contribution in [0.1, 0.15) is 24.3 Å². The first kappa shape index (κ1) is 11.7. The average molecular weight is 246 g/mol. The van der Waals surface area contributed by atoms with Crippen molar-refractivity contribution >= 4 is 22.9 Å². The largest absolute Gasteiger partial charge is 0.467 e. The number of nitrogens with two attached hydrogens (primary N) is 1. The van der Waals surface area contributed by atoms with E-state index in [1.807, 2.05) is 43.3 Å². The molecule has 0 radical (unpaired) electrons. The topological polar surface area (TPSA) is 51.2 Å². The van der Waals surface area contributed by atoms with Crippen LogP contribution >= 0.6 is 12.2 Å². The predicted molar refractivity (Wildman–Crippen MR) is 73.1 cm³/mol. The summed E-state index contributed by atoms with van der Waals surface area (Å²) in [6, 6.07) is 11.7. The van der Waals surface area contributed by atoms with E-state index < -0.39 is 0 Å². The third kappa shape index (κ3) is 2.85. The van der Waals surface area contributed by atoms with Gasteiger partial charge in [-0.1, -0.05) is 12.2 Å². The number of nitrogens with one attached hydrogen (secondary N) is 1. The monoisotopic (exact) mass is 246 g/mol. The van der Waals surface area contributed by atoms with Gasteiger partial charge >= 0.3 is 0 Å². The molecule has 17 heavy (non-hydrogen) atoms. The van der Waals surface area contributed by atoms with Crippen molar-refractivity contribution < 1.29 is 4.42 Å². The Morgan fingerprint density at radius 2 is 2.00 bits per heavy atom. The number of anilines is 1. The van der Waals surface area contributed by atoms with Gasteiger partial charge < -0.3 is 15.5 Å². The van der Waals surface area contributed by atoms with Gasteiger partial charge in [0.1, 0.15) is 10.7 Å². The van der Waals surface area contributed by atoms with Gasteiger partial charge in [0.15, 0.2) is 0 Å². The van der Waals surface area contributed by atoms with Gasteiger partial charge in [-0.2, -0.15) is 0 Å². The van der Waals surface area contributed by atoms with Gasteiger partial charge in [0, 0.05) is 11.3 Å². The first-order valence-corrected chi connectivity index (χ1v) is 5.77. The molecule has 1 aromatic carbocycles. The van der Waals surface area contributed by atoms with E-state index in [1.165, 1.54) is 0 Å². The number of hydrogen-bond acceptors (Lipinski definition) is 3. The van der Waals surface area contributed by atoms with Gasteiger partial charge in [-0.25, -0.2) is 0 Å². The molecule has 0 saturated heterocycles. The Bertz CT molecular complexity index is 491. The second-order valence-electron chi connectivity index (χ2n) is 3.82. The fourth-order valence-electron chi connectivity index (χ4n) is 1.59. The zero-order valence-corrected chi connectivity index (χ0v) is 10.3. The highest BCUT2D eigenvalue weighted by atomic mass is 32.1. The Balaban J connectivity index is 2.06. The zero-order valence-electron chi connectivity index (χ0n) is 9.51. The van der Waals surface area contributed by atoms with E-state index in [-0.39, 0.29) is 6.04 Å². The molecular formula is C13H14N2OS. The summed E-state index contributed by atoms with van der Waals surface area (Å²) in [5, 5.41) is 3.33. The molecule has 1 atom stereocenters. The number of hydrogen-bond donors (Lipinski definition) is 2. The molecule has 2 aromatic rings. The molecular weight excluding hydrogens is 232 g/mol. The van der Waals surface area contributed by atoms with E-state index in [4.69, 9.17) is 22.4 Å². The van der Waals surface area contributed by atoms with Crippen LogP contribution in [0.4, 0.5) is 5.69 Å². The summed E-state index contributed by atoms with van der Waals surface area (Å²) in [6.45, 7) is 2.04. The molecule has 0 bridgehead atoms. The molecule has 0 amide bonds. The van der Waals surface area contributed by atoms with Crippen LogP contribution in [0.5, 0.6) is 0 Å². The van der Waals surface area contributed by atoms with Crippen LogP contribution in [0.3, 0.4) is 0 Å². The summed E-state index contributed by atoms with van der Waals surface area (Å²) in [4.78, 5) is 0.413. The van der Waals surface area contributed by atoms with Gasteiger partial charge in [-0.05, 0) is 43.3 Å². The summed E-state index contributed by atoms with van der Waals surface area (Å²) in [5.41, 5.74) is 7.42. The van der Waals surface area contributed by atoms with E-state index >= 15 is 0 Å². The molecule has 0 aliphatic heterocycles. The van der Waals surface area contributed by atoms with Gasteiger partial charge in [-0.3, -0.25) is 0 Å². The standard InChI is InChI=1S/C13H14N2OS/c1-9(12-3-2-8-16-12)15-11-6-4-10(5-7-11)13(14)17/h2-9,15H,1H3,(H2,14,17). The highest BCUT2D eigenvalue weighted by Crippen LogP contribution is 2.19. The maximum absolute atomic E-state index is 5.54. The van der Waals surface area contributed by atoms with E-state index in [9.17, 15) is 0 Å².